The summed E-state index contributed by atoms with van der Waals surface area (Å²) < 4.78 is 30.8. The van der Waals surface area contributed by atoms with Crippen molar-refractivity contribution in [1.82, 2.24) is 15.1 Å². The van der Waals surface area contributed by atoms with Crippen molar-refractivity contribution in [2.75, 3.05) is 7.11 Å². The highest BCUT2D eigenvalue weighted by atomic mass is 35.5. The largest absolute Gasteiger partial charge is 0.497 e. The molecule has 116 valence electrons. The van der Waals surface area contributed by atoms with Crippen molar-refractivity contribution < 1.29 is 13.5 Å². The number of hydrogen-bond acceptors (Lipinski definition) is 3. The molecule has 1 aromatic carbocycles. The third-order valence-electron chi connectivity index (χ3n) is 2.79. The zero-order chi connectivity index (χ0) is 14.4. The Labute approximate surface area is 128 Å². The molecule has 4 nitrogen and oxygen atoms in total. The zero-order valence-corrected chi connectivity index (χ0v) is 12.4. The van der Waals surface area contributed by atoms with Crippen LogP contribution in [0.15, 0.2) is 36.5 Å². The van der Waals surface area contributed by atoms with Gasteiger partial charge in [-0.3, -0.25) is 4.68 Å². The lowest BCUT2D eigenvalue weighted by Gasteiger charge is -2.05. The quantitative estimate of drug-likeness (QED) is 0.853. The van der Waals surface area contributed by atoms with Gasteiger partial charge < -0.3 is 10.1 Å². The maximum absolute atomic E-state index is 12.2. The first kappa shape index (κ1) is 17.4. The first-order valence-electron chi connectivity index (χ1n) is 6.31. The number of methoxy groups -OCH3 is 1. The van der Waals surface area contributed by atoms with E-state index in [2.05, 4.69) is 10.4 Å². The summed E-state index contributed by atoms with van der Waals surface area (Å²) in [6.07, 6.45) is -0.818. The van der Waals surface area contributed by atoms with Gasteiger partial charge in [-0.25, -0.2) is 8.78 Å². The molecule has 21 heavy (non-hydrogen) atoms. The SMILES string of the molecule is COc1cccc(CNCc2ccn(CC(F)F)n2)c1.Cl. The van der Waals surface area contributed by atoms with Crippen LogP contribution in [-0.2, 0) is 19.6 Å². The second-order valence-corrected chi connectivity index (χ2v) is 4.38. The molecule has 0 aliphatic carbocycles. The molecule has 0 aliphatic heterocycles. The number of halogens is 3. The van der Waals surface area contributed by atoms with Gasteiger partial charge >= 0.3 is 0 Å². The molecular weight excluding hydrogens is 300 g/mol. The normalized spacial score (nSPS) is 10.5. The highest BCUT2D eigenvalue weighted by Crippen LogP contribution is 2.12. The molecule has 0 radical (unpaired) electrons. The second-order valence-electron chi connectivity index (χ2n) is 4.38. The number of aromatic nitrogens is 2. The number of hydrogen-bond donors (Lipinski definition) is 1. The molecule has 1 heterocycles. The summed E-state index contributed by atoms with van der Waals surface area (Å²) in [5, 5.41) is 7.28. The summed E-state index contributed by atoms with van der Waals surface area (Å²) in [5.41, 5.74) is 1.84. The first-order chi connectivity index (χ1) is 9.67. The van der Waals surface area contributed by atoms with E-state index in [9.17, 15) is 8.78 Å². The smallest absolute Gasteiger partial charge is 0.257 e. The first-order valence-corrected chi connectivity index (χ1v) is 6.31. The third kappa shape index (κ3) is 5.69. The maximum Gasteiger partial charge on any atom is 0.257 e. The van der Waals surface area contributed by atoms with Crippen LogP contribution in [-0.4, -0.2) is 23.3 Å². The molecule has 1 aromatic heterocycles. The molecule has 0 bridgehead atoms. The highest BCUT2D eigenvalue weighted by Gasteiger charge is 2.05. The van der Waals surface area contributed by atoms with Crippen molar-refractivity contribution in [3.05, 3.63) is 47.8 Å². The number of alkyl halides is 2. The minimum Gasteiger partial charge on any atom is -0.497 e. The Hall–Kier alpha value is -1.66. The fraction of sp³-hybridized carbons (Fsp3) is 0.357. The van der Waals surface area contributed by atoms with Crippen LogP contribution in [0.5, 0.6) is 5.75 Å². The van der Waals surface area contributed by atoms with Gasteiger partial charge in [-0.15, -0.1) is 12.4 Å². The summed E-state index contributed by atoms with van der Waals surface area (Å²) >= 11 is 0. The molecule has 0 atom stereocenters. The second kappa shape index (κ2) is 8.59. The van der Waals surface area contributed by atoms with E-state index < -0.39 is 6.43 Å². The summed E-state index contributed by atoms with van der Waals surface area (Å²) in [7, 11) is 1.63. The van der Waals surface area contributed by atoms with E-state index >= 15 is 0 Å². The molecule has 7 heteroatoms. The lowest BCUT2D eigenvalue weighted by molar-refractivity contribution is 0.121. The molecule has 0 amide bonds. The van der Waals surface area contributed by atoms with Gasteiger partial charge in [-0.05, 0) is 23.8 Å². The van der Waals surface area contributed by atoms with Crippen LogP contribution in [0.2, 0.25) is 0 Å². The van der Waals surface area contributed by atoms with Gasteiger partial charge in [-0.1, -0.05) is 12.1 Å². The Morgan fingerprint density at radius 3 is 2.81 bits per heavy atom. The summed E-state index contributed by atoms with van der Waals surface area (Å²) in [4.78, 5) is 0. The molecule has 0 unspecified atom stereocenters. The highest BCUT2D eigenvalue weighted by molar-refractivity contribution is 5.85. The van der Waals surface area contributed by atoms with Crippen LogP contribution >= 0.6 is 12.4 Å². The van der Waals surface area contributed by atoms with Crippen molar-refractivity contribution in [2.24, 2.45) is 0 Å². The zero-order valence-electron chi connectivity index (χ0n) is 11.6. The fourth-order valence-corrected chi connectivity index (χ4v) is 1.86. The van der Waals surface area contributed by atoms with E-state index in [0.29, 0.717) is 13.1 Å². The van der Waals surface area contributed by atoms with E-state index in [4.69, 9.17) is 4.74 Å². The number of benzene rings is 1. The lowest BCUT2D eigenvalue weighted by Crippen LogP contribution is -2.14. The Bertz CT molecular complexity index is 549. The molecule has 0 saturated carbocycles. The van der Waals surface area contributed by atoms with Crippen LogP contribution in [0.4, 0.5) is 8.78 Å². The Morgan fingerprint density at radius 1 is 1.29 bits per heavy atom. The molecule has 1 N–H and O–H groups in total. The molecule has 0 spiro atoms. The van der Waals surface area contributed by atoms with Crippen LogP contribution in [0.3, 0.4) is 0 Å². The van der Waals surface area contributed by atoms with E-state index in [1.807, 2.05) is 24.3 Å². The average molecular weight is 318 g/mol. The van der Waals surface area contributed by atoms with Crippen LogP contribution in [0, 0.1) is 0 Å². The van der Waals surface area contributed by atoms with Crippen molar-refractivity contribution >= 4 is 12.4 Å². The standard InChI is InChI=1S/C14H17F2N3O.ClH/c1-20-13-4-2-3-11(7-13)8-17-9-12-5-6-19(18-12)10-14(15)16;/h2-7,14,17H,8-10H2,1H3;1H. The lowest BCUT2D eigenvalue weighted by atomic mass is 10.2. The van der Waals surface area contributed by atoms with Gasteiger partial charge in [0.25, 0.3) is 6.43 Å². The van der Waals surface area contributed by atoms with Gasteiger partial charge in [-0.2, -0.15) is 5.10 Å². The molecule has 2 rings (SSSR count). The predicted octanol–water partition coefficient (Wildman–Crippen LogP) is 2.87. The number of nitrogens with zero attached hydrogens (tertiary/aromatic N) is 2. The molecule has 0 aliphatic rings. The van der Waals surface area contributed by atoms with Crippen molar-refractivity contribution in [3.8, 4) is 5.75 Å². The third-order valence-corrected chi connectivity index (χ3v) is 2.79. The Balaban J connectivity index is 0.00000220. The van der Waals surface area contributed by atoms with Crippen molar-refractivity contribution in [1.29, 1.82) is 0 Å². The van der Waals surface area contributed by atoms with Gasteiger partial charge in [0.05, 0.1) is 12.8 Å². The molecule has 0 fully saturated rings. The van der Waals surface area contributed by atoms with Crippen LogP contribution in [0.25, 0.3) is 0 Å². The van der Waals surface area contributed by atoms with Gasteiger partial charge in [0, 0.05) is 19.3 Å². The number of ether oxygens (including phenoxy) is 1. The van der Waals surface area contributed by atoms with Gasteiger partial charge in [0.2, 0.25) is 0 Å². The number of nitrogens with one attached hydrogen (secondary N) is 1. The summed E-state index contributed by atoms with van der Waals surface area (Å²) in [5.74, 6) is 0.811. The summed E-state index contributed by atoms with van der Waals surface area (Å²) in [6.45, 7) is 0.836. The van der Waals surface area contributed by atoms with E-state index in [1.165, 1.54) is 4.68 Å². The fourth-order valence-electron chi connectivity index (χ4n) is 1.86. The van der Waals surface area contributed by atoms with Crippen LogP contribution < -0.4 is 10.1 Å². The van der Waals surface area contributed by atoms with Gasteiger partial charge in [0.15, 0.2) is 0 Å². The van der Waals surface area contributed by atoms with Crippen LogP contribution in [0.1, 0.15) is 11.3 Å². The minimum atomic E-state index is -2.38. The summed E-state index contributed by atoms with van der Waals surface area (Å²) in [6, 6.07) is 9.48. The predicted molar refractivity (Wildman–Crippen MR) is 79.0 cm³/mol. The monoisotopic (exact) mass is 317 g/mol. The van der Waals surface area contributed by atoms with Crippen molar-refractivity contribution in [3.63, 3.8) is 0 Å². The molecular formula is C14H18ClF2N3O. The molecule has 2 aromatic rings. The van der Waals surface area contributed by atoms with Crippen molar-refractivity contribution in [2.45, 2.75) is 26.1 Å². The minimum absolute atomic E-state index is 0. The number of rotatable bonds is 7. The maximum atomic E-state index is 12.2. The molecule has 0 saturated heterocycles. The van der Waals surface area contributed by atoms with E-state index in [0.717, 1.165) is 17.0 Å². The topological polar surface area (TPSA) is 39.1 Å². The van der Waals surface area contributed by atoms with E-state index in [-0.39, 0.29) is 19.0 Å². The Kier molecular flexibility index (Phi) is 7.11. The van der Waals surface area contributed by atoms with Gasteiger partial charge in [0.1, 0.15) is 12.3 Å². The Morgan fingerprint density at radius 2 is 2.10 bits per heavy atom. The van der Waals surface area contributed by atoms with E-state index in [1.54, 1.807) is 19.4 Å². The average Bonchev–Trinajstić information content (AvgIpc) is 2.86.